The molecule has 5 rings (SSSR count). The highest BCUT2D eigenvalue weighted by Crippen LogP contribution is 2.23. The average molecular weight is 510 g/mol. The van der Waals surface area contributed by atoms with Crippen molar-refractivity contribution in [2.75, 3.05) is 23.7 Å². The van der Waals surface area contributed by atoms with E-state index in [1.807, 2.05) is 0 Å². The van der Waals surface area contributed by atoms with E-state index in [-0.39, 0.29) is 11.6 Å². The van der Waals surface area contributed by atoms with Gasteiger partial charge in [-0.1, -0.05) is 5.21 Å². The zero-order valence-electron chi connectivity index (χ0n) is 20.2. The van der Waals surface area contributed by atoms with Gasteiger partial charge in [0.2, 0.25) is 5.91 Å². The minimum Gasteiger partial charge on any atom is -0.324 e. The Morgan fingerprint density at radius 3 is 2.78 bits per heavy atom. The predicted molar refractivity (Wildman–Crippen MR) is 131 cm³/mol. The van der Waals surface area contributed by atoms with E-state index in [9.17, 15) is 18.4 Å². The summed E-state index contributed by atoms with van der Waals surface area (Å²) in [5.41, 5.74) is 2.82. The fraction of sp³-hybridized carbons (Fsp3) is 0.333. The Bertz CT molecular complexity index is 1470. The van der Waals surface area contributed by atoms with Crippen LogP contribution in [-0.4, -0.2) is 65.4 Å². The summed E-state index contributed by atoms with van der Waals surface area (Å²) in [7, 11) is 0. The van der Waals surface area contributed by atoms with Crippen LogP contribution in [0, 0.1) is 6.92 Å². The number of pyridine rings is 2. The monoisotopic (exact) mass is 509 g/mol. The van der Waals surface area contributed by atoms with Crippen LogP contribution >= 0.6 is 0 Å². The Kier molecular flexibility index (Phi) is 6.61. The zero-order valence-corrected chi connectivity index (χ0v) is 20.2. The van der Waals surface area contributed by atoms with E-state index in [0.29, 0.717) is 51.1 Å². The molecule has 37 heavy (non-hydrogen) atoms. The van der Waals surface area contributed by atoms with Gasteiger partial charge in [0.15, 0.2) is 5.69 Å². The third kappa shape index (κ3) is 5.16. The average Bonchev–Trinajstić information content (AvgIpc) is 3.61. The predicted octanol–water partition coefficient (Wildman–Crippen LogP) is 3.37. The zero-order chi connectivity index (χ0) is 26.1. The molecule has 0 spiro atoms. The number of hydrogen-bond acceptors (Lipinski definition) is 7. The van der Waals surface area contributed by atoms with Gasteiger partial charge in [-0.15, -0.1) is 5.10 Å². The molecule has 1 saturated heterocycles. The van der Waals surface area contributed by atoms with Crippen LogP contribution in [0.15, 0.2) is 42.9 Å². The molecule has 0 aliphatic carbocycles. The first-order valence-corrected chi connectivity index (χ1v) is 11.8. The van der Waals surface area contributed by atoms with Crippen LogP contribution < -0.4 is 10.6 Å². The Balaban J connectivity index is 1.30. The van der Waals surface area contributed by atoms with E-state index < -0.39 is 12.5 Å². The Hall–Kier alpha value is -4.26. The Morgan fingerprint density at radius 2 is 2.05 bits per heavy atom. The summed E-state index contributed by atoms with van der Waals surface area (Å²) in [5.74, 6) is -0.654. The first-order valence-electron chi connectivity index (χ1n) is 11.8. The molecule has 0 saturated carbocycles. The van der Waals surface area contributed by atoms with Gasteiger partial charge in [-0.3, -0.25) is 19.5 Å². The molecule has 4 aromatic rings. The molecule has 1 aliphatic heterocycles. The molecule has 5 heterocycles. The highest BCUT2D eigenvalue weighted by molar-refractivity contribution is 6.08. The maximum absolute atomic E-state index is 13.0. The SMILES string of the molecule is Cc1ncc(NC(=O)CN2CCC[C@@H]2C)cc1NC(=O)c1nnn2cc(-c3ccn(C(F)F)n3)ccc12. The molecule has 1 atom stereocenters. The molecule has 2 amide bonds. The van der Waals surface area contributed by atoms with Gasteiger partial charge < -0.3 is 10.6 Å². The smallest absolute Gasteiger partial charge is 0.324 e. The van der Waals surface area contributed by atoms with Crippen LogP contribution in [0.1, 0.15) is 42.5 Å². The third-order valence-electron chi connectivity index (χ3n) is 6.39. The van der Waals surface area contributed by atoms with Crippen LogP contribution in [0.4, 0.5) is 20.2 Å². The molecular formula is C24H25F2N9O2. The number of anilines is 2. The van der Waals surface area contributed by atoms with E-state index >= 15 is 0 Å². The minimum atomic E-state index is -2.74. The summed E-state index contributed by atoms with van der Waals surface area (Å²) < 4.78 is 27.6. The second-order valence-corrected chi connectivity index (χ2v) is 8.97. The molecule has 4 aromatic heterocycles. The van der Waals surface area contributed by atoms with E-state index in [1.165, 1.54) is 16.8 Å². The number of hydrogen-bond donors (Lipinski definition) is 2. The quantitative estimate of drug-likeness (QED) is 0.392. The van der Waals surface area contributed by atoms with Crippen molar-refractivity contribution in [3.8, 4) is 11.3 Å². The first-order chi connectivity index (χ1) is 17.8. The molecular weight excluding hydrogens is 484 g/mol. The van der Waals surface area contributed by atoms with Crippen molar-refractivity contribution in [2.45, 2.75) is 39.3 Å². The molecule has 0 radical (unpaired) electrons. The van der Waals surface area contributed by atoms with Gasteiger partial charge in [0.05, 0.1) is 41.0 Å². The van der Waals surface area contributed by atoms with Gasteiger partial charge in [0, 0.05) is 24.0 Å². The van der Waals surface area contributed by atoms with Crippen LogP contribution in [0.3, 0.4) is 0 Å². The summed E-state index contributed by atoms with van der Waals surface area (Å²) in [4.78, 5) is 31.9. The number of rotatable bonds is 7. The van der Waals surface area contributed by atoms with Crippen LogP contribution in [0.25, 0.3) is 16.8 Å². The van der Waals surface area contributed by atoms with Gasteiger partial charge in [-0.2, -0.15) is 13.9 Å². The van der Waals surface area contributed by atoms with Crippen molar-refractivity contribution in [1.82, 2.24) is 34.5 Å². The number of nitrogens with zero attached hydrogens (tertiary/aromatic N) is 7. The number of aromatic nitrogens is 6. The van der Waals surface area contributed by atoms with Crippen LogP contribution in [-0.2, 0) is 4.79 Å². The molecule has 1 aliphatic rings. The molecule has 0 unspecified atom stereocenters. The molecule has 2 N–H and O–H groups in total. The molecule has 0 bridgehead atoms. The van der Waals surface area contributed by atoms with Crippen molar-refractivity contribution in [3.63, 3.8) is 0 Å². The van der Waals surface area contributed by atoms with E-state index in [4.69, 9.17) is 0 Å². The van der Waals surface area contributed by atoms with Crippen LogP contribution in [0.2, 0.25) is 0 Å². The standard InChI is InChI=1S/C24H25F2N9O2/c1-14-4-3-8-33(14)13-21(36)28-17-10-19(15(2)27-11-17)29-23(37)22-20-6-5-16(12-35(20)32-30-22)18-7-9-34(31-18)24(25)26/h5-7,9-12,14,24H,3-4,8,13H2,1-2H3,(H,28,36)(H,29,37)/t14-/m0/s1. The summed E-state index contributed by atoms with van der Waals surface area (Å²) in [6.07, 6.45) is 6.45. The molecule has 1 fully saturated rings. The van der Waals surface area contributed by atoms with E-state index in [1.54, 1.807) is 37.5 Å². The number of carbonyl (C=O) groups excluding carboxylic acids is 2. The largest absolute Gasteiger partial charge is 0.333 e. The van der Waals surface area contributed by atoms with Crippen molar-refractivity contribution in [2.24, 2.45) is 0 Å². The fourth-order valence-corrected chi connectivity index (χ4v) is 4.33. The van der Waals surface area contributed by atoms with Gasteiger partial charge in [0.1, 0.15) is 0 Å². The maximum Gasteiger partial charge on any atom is 0.333 e. The van der Waals surface area contributed by atoms with Gasteiger partial charge in [-0.05, 0) is 57.5 Å². The number of likely N-dealkylation sites (tertiary alicyclic amines) is 1. The topological polar surface area (TPSA) is 122 Å². The molecule has 192 valence electrons. The number of aryl methyl sites for hydroxylation is 1. The van der Waals surface area contributed by atoms with Crippen molar-refractivity contribution < 1.29 is 18.4 Å². The Labute approximate surface area is 210 Å². The van der Waals surface area contributed by atoms with Crippen LogP contribution in [0.5, 0.6) is 0 Å². The fourth-order valence-electron chi connectivity index (χ4n) is 4.33. The lowest BCUT2D eigenvalue weighted by Gasteiger charge is -2.20. The lowest BCUT2D eigenvalue weighted by atomic mass is 10.2. The number of nitrogens with one attached hydrogen (secondary N) is 2. The highest BCUT2D eigenvalue weighted by Gasteiger charge is 2.23. The lowest BCUT2D eigenvalue weighted by molar-refractivity contribution is -0.117. The normalized spacial score (nSPS) is 16.0. The highest BCUT2D eigenvalue weighted by atomic mass is 19.3. The van der Waals surface area contributed by atoms with Crippen molar-refractivity contribution in [3.05, 3.63) is 54.2 Å². The second kappa shape index (κ2) is 10.0. The molecule has 13 heteroatoms. The van der Waals surface area contributed by atoms with Crippen molar-refractivity contribution in [1.29, 1.82) is 0 Å². The number of carbonyl (C=O) groups is 2. The van der Waals surface area contributed by atoms with Gasteiger partial charge >= 0.3 is 6.55 Å². The number of alkyl halides is 2. The van der Waals surface area contributed by atoms with E-state index in [0.717, 1.165) is 19.4 Å². The third-order valence-corrected chi connectivity index (χ3v) is 6.39. The number of fused-ring (bicyclic) bond motifs is 1. The summed E-state index contributed by atoms with van der Waals surface area (Å²) in [6.45, 7) is 2.30. The Morgan fingerprint density at radius 1 is 1.22 bits per heavy atom. The summed E-state index contributed by atoms with van der Waals surface area (Å²) >= 11 is 0. The van der Waals surface area contributed by atoms with Crippen molar-refractivity contribution >= 4 is 28.7 Å². The molecule has 11 nitrogen and oxygen atoms in total. The second-order valence-electron chi connectivity index (χ2n) is 8.97. The minimum absolute atomic E-state index is 0.0709. The first kappa shape index (κ1) is 24.4. The van der Waals surface area contributed by atoms with Gasteiger partial charge in [0.25, 0.3) is 5.91 Å². The number of halogens is 2. The lowest BCUT2D eigenvalue weighted by Crippen LogP contribution is -2.35. The molecule has 0 aromatic carbocycles. The summed E-state index contributed by atoms with van der Waals surface area (Å²) in [6, 6.07) is 6.76. The maximum atomic E-state index is 13.0. The number of amides is 2. The van der Waals surface area contributed by atoms with Gasteiger partial charge in [-0.25, -0.2) is 9.20 Å². The summed E-state index contributed by atoms with van der Waals surface area (Å²) in [5, 5.41) is 17.4. The van der Waals surface area contributed by atoms with E-state index in [2.05, 4.69) is 42.9 Å².